The molecule has 0 atom stereocenters. The third kappa shape index (κ3) is 2.55. The summed E-state index contributed by atoms with van der Waals surface area (Å²) >= 11 is 0. The van der Waals surface area contributed by atoms with E-state index < -0.39 is 11.8 Å². The molecule has 0 amide bonds. The van der Waals surface area contributed by atoms with E-state index in [4.69, 9.17) is 0 Å². The maximum atomic E-state index is 13.6. The molecule has 3 rings (SSSR count). The quantitative estimate of drug-likeness (QED) is 0.685. The third-order valence-corrected chi connectivity index (χ3v) is 3.60. The smallest absolute Gasteiger partial charge is 0.338 e. The van der Waals surface area contributed by atoms with Crippen LogP contribution in [-0.4, -0.2) is 28.1 Å². The maximum Gasteiger partial charge on any atom is 0.338 e. The lowest BCUT2D eigenvalue weighted by atomic mass is 10.1. The number of rotatable bonds is 4. The third-order valence-electron chi connectivity index (χ3n) is 3.60. The molecule has 0 saturated heterocycles. The van der Waals surface area contributed by atoms with Gasteiger partial charge >= 0.3 is 5.97 Å². The Kier molecular flexibility index (Phi) is 3.57. The highest BCUT2D eigenvalue weighted by Crippen LogP contribution is 2.27. The minimum absolute atomic E-state index is 0.168. The Balaban J connectivity index is 2.19. The molecule has 5 nitrogen and oxygen atoms in total. The monoisotopic (exact) mass is 311 g/mol. The van der Waals surface area contributed by atoms with E-state index in [-0.39, 0.29) is 11.1 Å². The summed E-state index contributed by atoms with van der Waals surface area (Å²) in [5.74, 6) is -1.37. The summed E-state index contributed by atoms with van der Waals surface area (Å²) in [6, 6.07) is 7.78. The normalized spacial score (nSPS) is 10.7. The number of nitrogens with zero attached hydrogens (tertiary/aromatic N) is 1. The standard InChI is InChI=1S/C17H14FN3O2/c1-3-9-4-5-10(6-13(9)19-2)16-20-14-8-11(18)7-12(17(22)23)15(14)21-16/h3-8,19H,1H2,2H3,(H,20,21)(H,22,23). The van der Waals surface area contributed by atoms with Gasteiger partial charge in [-0.25, -0.2) is 14.2 Å². The number of carboxylic acids is 1. The SMILES string of the molecule is C=Cc1ccc(-c2nc3c(C(=O)O)cc(F)cc3[nH]2)cc1NC. The molecule has 0 radical (unpaired) electrons. The van der Waals surface area contributed by atoms with Crippen LogP contribution >= 0.6 is 0 Å². The number of carbonyl (C=O) groups is 1. The van der Waals surface area contributed by atoms with Gasteiger partial charge in [0.2, 0.25) is 0 Å². The number of halogens is 1. The zero-order valence-corrected chi connectivity index (χ0v) is 12.4. The van der Waals surface area contributed by atoms with Crippen LogP contribution in [0.2, 0.25) is 0 Å². The summed E-state index contributed by atoms with van der Waals surface area (Å²) in [6.07, 6.45) is 1.73. The zero-order valence-electron chi connectivity index (χ0n) is 12.4. The first kappa shape index (κ1) is 14.8. The lowest BCUT2D eigenvalue weighted by Crippen LogP contribution is -1.98. The number of benzene rings is 2. The van der Waals surface area contributed by atoms with Crippen molar-refractivity contribution < 1.29 is 14.3 Å². The van der Waals surface area contributed by atoms with Crippen LogP contribution < -0.4 is 5.32 Å². The fourth-order valence-corrected chi connectivity index (χ4v) is 2.48. The van der Waals surface area contributed by atoms with Crippen LogP contribution in [0.3, 0.4) is 0 Å². The van der Waals surface area contributed by atoms with Gasteiger partial charge in [0, 0.05) is 18.3 Å². The van der Waals surface area contributed by atoms with Gasteiger partial charge in [-0.2, -0.15) is 0 Å². The Bertz CT molecular complexity index is 931. The second-order valence-electron chi connectivity index (χ2n) is 5.00. The molecule has 1 aromatic heterocycles. The van der Waals surface area contributed by atoms with E-state index in [0.29, 0.717) is 11.3 Å². The number of aromatic amines is 1. The van der Waals surface area contributed by atoms with Gasteiger partial charge in [-0.3, -0.25) is 0 Å². The van der Waals surface area contributed by atoms with Gasteiger partial charge in [-0.15, -0.1) is 0 Å². The van der Waals surface area contributed by atoms with Crippen molar-refractivity contribution in [2.24, 2.45) is 0 Å². The average molecular weight is 311 g/mol. The van der Waals surface area contributed by atoms with E-state index in [9.17, 15) is 14.3 Å². The predicted molar refractivity (Wildman–Crippen MR) is 88.1 cm³/mol. The zero-order chi connectivity index (χ0) is 16.6. The van der Waals surface area contributed by atoms with E-state index in [1.54, 1.807) is 13.1 Å². The molecular weight excluding hydrogens is 297 g/mol. The molecule has 0 fully saturated rings. The number of hydrogen-bond acceptors (Lipinski definition) is 3. The predicted octanol–water partition coefficient (Wildman–Crippen LogP) is 3.75. The van der Waals surface area contributed by atoms with Gasteiger partial charge in [0.1, 0.15) is 17.2 Å². The lowest BCUT2D eigenvalue weighted by Gasteiger charge is -2.07. The summed E-state index contributed by atoms with van der Waals surface area (Å²) < 4.78 is 13.6. The van der Waals surface area contributed by atoms with Crippen molar-refractivity contribution in [2.45, 2.75) is 0 Å². The van der Waals surface area contributed by atoms with E-state index in [0.717, 1.165) is 22.9 Å². The molecule has 3 aromatic rings. The average Bonchev–Trinajstić information content (AvgIpc) is 2.96. The van der Waals surface area contributed by atoms with Crippen LogP contribution in [0, 0.1) is 5.82 Å². The highest BCUT2D eigenvalue weighted by Gasteiger charge is 2.16. The van der Waals surface area contributed by atoms with Gasteiger partial charge in [-0.05, 0) is 23.8 Å². The molecule has 0 spiro atoms. The first-order chi connectivity index (χ1) is 11.0. The van der Waals surface area contributed by atoms with Crippen molar-refractivity contribution in [2.75, 3.05) is 12.4 Å². The van der Waals surface area contributed by atoms with Crippen LogP contribution in [0.25, 0.3) is 28.5 Å². The van der Waals surface area contributed by atoms with E-state index in [1.165, 1.54) is 6.07 Å². The Labute approximate surface area is 131 Å². The summed E-state index contributed by atoms with van der Waals surface area (Å²) in [6.45, 7) is 3.75. The summed E-state index contributed by atoms with van der Waals surface area (Å²) in [4.78, 5) is 18.5. The Hall–Kier alpha value is -3.15. The molecule has 0 unspecified atom stereocenters. The Morgan fingerprint density at radius 3 is 2.83 bits per heavy atom. The molecule has 1 heterocycles. The van der Waals surface area contributed by atoms with Crippen molar-refractivity contribution in [1.29, 1.82) is 0 Å². The molecule has 116 valence electrons. The van der Waals surface area contributed by atoms with Crippen molar-refractivity contribution in [1.82, 2.24) is 9.97 Å². The molecule has 0 aliphatic rings. The molecule has 0 aliphatic carbocycles. The van der Waals surface area contributed by atoms with Crippen LogP contribution in [0.1, 0.15) is 15.9 Å². The van der Waals surface area contributed by atoms with Crippen molar-refractivity contribution in [3.05, 3.63) is 53.9 Å². The second kappa shape index (κ2) is 5.57. The van der Waals surface area contributed by atoms with Gasteiger partial charge in [-0.1, -0.05) is 24.8 Å². The molecule has 3 N–H and O–H groups in total. The lowest BCUT2D eigenvalue weighted by molar-refractivity contribution is 0.0698. The summed E-state index contributed by atoms with van der Waals surface area (Å²) in [7, 11) is 1.79. The van der Waals surface area contributed by atoms with Gasteiger partial charge < -0.3 is 15.4 Å². The number of carboxylic acid groups (broad SMARTS) is 1. The van der Waals surface area contributed by atoms with E-state index in [2.05, 4.69) is 21.9 Å². The van der Waals surface area contributed by atoms with Gasteiger partial charge in [0.25, 0.3) is 0 Å². The van der Waals surface area contributed by atoms with Gasteiger partial charge in [0.15, 0.2) is 0 Å². The number of nitrogens with one attached hydrogen (secondary N) is 2. The van der Waals surface area contributed by atoms with Crippen molar-refractivity contribution >= 4 is 28.8 Å². The van der Waals surface area contributed by atoms with E-state index >= 15 is 0 Å². The number of H-pyrrole nitrogens is 1. The maximum absolute atomic E-state index is 13.6. The highest BCUT2D eigenvalue weighted by atomic mass is 19.1. The number of fused-ring (bicyclic) bond motifs is 1. The fourth-order valence-electron chi connectivity index (χ4n) is 2.48. The molecule has 23 heavy (non-hydrogen) atoms. The van der Waals surface area contributed by atoms with Crippen molar-refractivity contribution in [3.8, 4) is 11.4 Å². The highest BCUT2D eigenvalue weighted by molar-refractivity contribution is 6.01. The second-order valence-corrected chi connectivity index (χ2v) is 5.00. The van der Waals surface area contributed by atoms with Crippen molar-refractivity contribution in [3.63, 3.8) is 0 Å². The van der Waals surface area contributed by atoms with Gasteiger partial charge in [0.05, 0.1) is 11.1 Å². The number of hydrogen-bond donors (Lipinski definition) is 3. The number of anilines is 1. The summed E-state index contributed by atoms with van der Waals surface area (Å²) in [5, 5.41) is 12.3. The van der Waals surface area contributed by atoms with Crippen LogP contribution in [0.15, 0.2) is 36.9 Å². The number of aromatic nitrogens is 2. The number of aromatic carboxylic acids is 1. The van der Waals surface area contributed by atoms with E-state index in [1.807, 2.05) is 18.2 Å². The van der Waals surface area contributed by atoms with Crippen LogP contribution in [0.4, 0.5) is 10.1 Å². The molecule has 0 aliphatic heterocycles. The Morgan fingerprint density at radius 1 is 1.39 bits per heavy atom. The largest absolute Gasteiger partial charge is 0.478 e. The first-order valence-corrected chi connectivity index (χ1v) is 6.90. The minimum atomic E-state index is -1.22. The molecule has 0 bridgehead atoms. The first-order valence-electron chi connectivity index (χ1n) is 6.90. The number of imidazole rings is 1. The fraction of sp³-hybridized carbons (Fsp3) is 0.0588. The Morgan fingerprint density at radius 2 is 2.17 bits per heavy atom. The molecule has 0 saturated carbocycles. The molecule has 6 heteroatoms. The topological polar surface area (TPSA) is 78.0 Å². The van der Waals surface area contributed by atoms with Crippen LogP contribution in [-0.2, 0) is 0 Å². The summed E-state index contributed by atoms with van der Waals surface area (Å²) in [5.41, 5.74) is 2.96. The minimum Gasteiger partial charge on any atom is -0.478 e. The van der Waals surface area contributed by atoms with Crippen LogP contribution in [0.5, 0.6) is 0 Å². The molecule has 2 aromatic carbocycles. The molecular formula is C17H14FN3O2.